The van der Waals surface area contributed by atoms with Crippen LogP contribution >= 0.6 is 0 Å². The van der Waals surface area contributed by atoms with E-state index < -0.39 is 31.0 Å². The average molecular weight is 338 g/mol. The molecule has 9 heteroatoms. The Morgan fingerprint density at radius 3 is 2.29 bits per heavy atom. The summed E-state index contributed by atoms with van der Waals surface area (Å²) in [4.78, 5) is 4.20. The van der Waals surface area contributed by atoms with Crippen LogP contribution in [0.1, 0.15) is 12.0 Å². The zero-order chi connectivity index (χ0) is 17.3. The van der Waals surface area contributed by atoms with Gasteiger partial charge in [-0.15, -0.1) is 0 Å². The first-order valence-electron chi connectivity index (χ1n) is 7.27. The number of nitrogens with zero attached hydrogens (tertiary/aromatic N) is 2. The van der Waals surface area contributed by atoms with Gasteiger partial charge in [-0.25, -0.2) is 0 Å². The molecular formula is C15H18N2O7. The average Bonchev–Trinajstić information content (AvgIpc) is 3.20. The molecule has 1 aromatic heterocycles. The van der Waals surface area contributed by atoms with Crippen LogP contribution in [0.25, 0.3) is 11.4 Å². The van der Waals surface area contributed by atoms with Crippen LogP contribution in [0.2, 0.25) is 0 Å². The highest BCUT2D eigenvalue weighted by Gasteiger charge is 2.45. The molecule has 3 rings (SSSR count). The van der Waals surface area contributed by atoms with E-state index in [1.807, 2.05) is 0 Å². The van der Waals surface area contributed by atoms with Crippen molar-refractivity contribution in [3.63, 3.8) is 0 Å². The van der Waals surface area contributed by atoms with Gasteiger partial charge < -0.3 is 34.1 Å². The zero-order valence-corrected chi connectivity index (χ0v) is 13.1. The van der Waals surface area contributed by atoms with E-state index in [2.05, 4.69) is 10.1 Å². The molecule has 0 aliphatic carbocycles. The summed E-state index contributed by atoms with van der Waals surface area (Å²) in [6.07, 6.45) is -4.41. The second kappa shape index (κ2) is 6.73. The van der Waals surface area contributed by atoms with Crippen LogP contribution in [0.5, 0.6) is 11.5 Å². The van der Waals surface area contributed by atoms with Gasteiger partial charge in [0.1, 0.15) is 29.8 Å². The first kappa shape index (κ1) is 16.7. The number of aliphatic hydroxyl groups is 3. The molecule has 2 heterocycles. The second-order valence-corrected chi connectivity index (χ2v) is 5.32. The Morgan fingerprint density at radius 1 is 1.08 bits per heavy atom. The summed E-state index contributed by atoms with van der Waals surface area (Å²) in [5, 5.41) is 32.8. The fourth-order valence-electron chi connectivity index (χ4n) is 2.51. The van der Waals surface area contributed by atoms with Crippen LogP contribution in [0.15, 0.2) is 22.7 Å². The number of aliphatic hydroxyl groups excluding tert-OH is 3. The van der Waals surface area contributed by atoms with E-state index in [1.54, 1.807) is 18.2 Å². The minimum absolute atomic E-state index is 0.00860. The van der Waals surface area contributed by atoms with Crippen LogP contribution in [0, 0.1) is 0 Å². The number of methoxy groups -OCH3 is 2. The van der Waals surface area contributed by atoms with Crippen LogP contribution in [0.3, 0.4) is 0 Å². The molecule has 24 heavy (non-hydrogen) atoms. The lowest BCUT2D eigenvalue weighted by Gasteiger charge is -2.10. The topological polar surface area (TPSA) is 127 Å². The maximum Gasteiger partial charge on any atom is 0.258 e. The number of benzene rings is 1. The number of hydrogen-bond donors (Lipinski definition) is 3. The Bertz CT molecular complexity index is 683. The predicted molar refractivity (Wildman–Crippen MR) is 79.6 cm³/mol. The Labute approximate surface area is 137 Å². The van der Waals surface area contributed by atoms with E-state index in [1.165, 1.54) is 14.2 Å². The molecular weight excluding hydrogens is 320 g/mol. The molecule has 1 saturated heterocycles. The van der Waals surface area contributed by atoms with Gasteiger partial charge in [-0.2, -0.15) is 4.98 Å². The van der Waals surface area contributed by atoms with Crippen LogP contribution in [0.4, 0.5) is 0 Å². The van der Waals surface area contributed by atoms with Gasteiger partial charge >= 0.3 is 0 Å². The lowest BCUT2D eigenvalue weighted by Crippen LogP contribution is -2.32. The van der Waals surface area contributed by atoms with Gasteiger partial charge in [-0.1, -0.05) is 5.16 Å². The summed E-state index contributed by atoms with van der Waals surface area (Å²) in [5.74, 6) is 1.38. The maximum absolute atomic E-state index is 10.0. The van der Waals surface area contributed by atoms with Crippen LogP contribution in [-0.2, 0) is 4.74 Å². The lowest BCUT2D eigenvalue weighted by molar-refractivity contribution is -0.0325. The van der Waals surface area contributed by atoms with Gasteiger partial charge in [0.25, 0.3) is 5.89 Å². The zero-order valence-electron chi connectivity index (χ0n) is 13.1. The highest BCUT2D eigenvalue weighted by molar-refractivity contribution is 5.60. The van der Waals surface area contributed by atoms with Crippen molar-refractivity contribution in [1.82, 2.24) is 10.1 Å². The third-order valence-electron chi connectivity index (χ3n) is 3.84. The minimum atomic E-state index is -1.27. The smallest absolute Gasteiger partial charge is 0.258 e. The molecule has 0 bridgehead atoms. The fraction of sp³-hybridized carbons (Fsp3) is 0.467. The van der Waals surface area contributed by atoms with Gasteiger partial charge in [-0.3, -0.25) is 0 Å². The van der Waals surface area contributed by atoms with Crippen LogP contribution in [-0.4, -0.2) is 64.6 Å². The predicted octanol–water partition coefficient (Wildman–Crippen LogP) is -0.0922. The molecule has 0 radical (unpaired) electrons. The van der Waals surface area contributed by atoms with Gasteiger partial charge in [0.15, 0.2) is 6.10 Å². The summed E-state index contributed by atoms with van der Waals surface area (Å²) in [6, 6.07) is 5.11. The molecule has 1 aliphatic heterocycles. The summed E-state index contributed by atoms with van der Waals surface area (Å²) < 4.78 is 20.9. The molecule has 0 spiro atoms. The maximum atomic E-state index is 10.0. The molecule has 1 aliphatic rings. The summed E-state index contributed by atoms with van der Waals surface area (Å²) >= 11 is 0. The Kier molecular flexibility index (Phi) is 4.67. The number of aromatic nitrogens is 2. The lowest BCUT2D eigenvalue weighted by atomic mass is 10.1. The monoisotopic (exact) mass is 338 g/mol. The molecule has 1 fully saturated rings. The number of rotatable bonds is 5. The van der Waals surface area contributed by atoms with Crippen molar-refractivity contribution >= 4 is 0 Å². The fourth-order valence-corrected chi connectivity index (χ4v) is 2.51. The highest BCUT2D eigenvalue weighted by Crippen LogP contribution is 2.34. The van der Waals surface area contributed by atoms with E-state index in [4.69, 9.17) is 23.8 Å². The third-order valence-corrected chi connectivity index (χ3v) is 3.84. The van der Waals surface area contributed by atoms with Crippen molar-refractivity contribution in [2.75, 3.05) is 20.8 Å². The van der Waals surface area contributed by atoms with Gasteiger partial charge in [0.2, 0.25) is 5.82 Å². The standard InChI is InChI=1S/C15H18N2O7/c1-21-8-3-7(4-9(5-8)22-2)14-16-15(24-17-14)13-12(20)11(19)10(6-18)23-13/h3-5,10-13,18-20H,6H2,1-2H3/t10-,11-,12-,13-/m1/s1. The molecule has 3 N–H and O–H groups in total. The van der Waals surface area contributed by atoms with Gasteiger partial charge in [0.05, 0.1) is 20.8 Å². The van der Waals surface area contributed by atoms with Crippen molar-refractivity contribution in [3.8, 4) is 22.9 Å². The normalized spacial score (nSPS) is 26.5. The van der Waals surface area contributed by atoms with Crippen molar-refractivity contribution < 1.29 is 34.1 Å². The Morgan fingerprint density at radius 2 is 1.75 bits per heavy atom. The Hall–Kier alpha value is -2.20. The molecule has 0 amide bonds. The molecule has 4 atom stereocenters. The summed E-state index contributed by atoms with van der Waals surface area (Å²) in [7, 11) is 3.05. The van der Waals surface area contributed by atoms with Crippen molar-refractivity contribution in [2.45, 2.75) is 24.4 Å². The molecule has 130 valence electrons. The quantitative estimate of drug-likeness (QED) is 0.685. The van der Waals surface area contributed by atoms with E-state index >= 15 is 0 Å². The van der Waals surface area contributed by atoms with Crippen LogP contribution < -0.4 is 9.47 Å². The molecule has 1 aromatic carbocycles. The SMILES string of the molecule is COc1cc(OC)cc(-c2noc([C@@H]3O[C@H](CO)[C@@H](O)[C@H]3O)n2)c1. The summed E-state index contributed by atoms with van der Waals surface area (Å²) in [5.41, 5.74) is 0.591. The van der Waals surface area contributed by atoms with E-state index in [0.717, 1.165) is 0 Å². The second-order valence-electron chi connectivity index (χ2n) is 5.32. The Balaban J connectivity index is 1.89. The van der Waals surface area contributed by atoms with Gasteiger partial charge in [-0.05, 0) is 12.1 Å². The minimum Gasteiger partial charge on any atom is -0.497 e. The first-order valence-corrected chi connectivity index (χ1v) is 7.27. The van der Waals surface area contributed by atoms with E-state index in [9.17, 15) is 10.2 Å². The first-order chi connectivity index (χ1) is 11.6. The van der Waals surface area contributed by atoms with Crippen molar-refractivity contribution in [1.29, 1.82) is 0 Å². The van der Waals surface area contributed by atoms with Gasteiger partial charge in [0, 0.05) is 11.6 Å². The molecule has 9 nitrogen and oxygen atoms in total. The number of ether oxygens (including phenoxy) is 3. The molecule has 0 saturated carbocycles. The summed E-state index contributed by atoms with van der Waals surface area (Å²) in [6.45, 7) is -0.428. The largest absolute Gasteiger partial charge is 0.497 e. The highest BCUT2D eigenvalue weighted by atomic mass is 16.6. The molecule has 2 aromatic rings. The van der Waals surface area contributed by atoms with Crippen molar-refractivity contribution in [2.24, 2.45) is 0 Å². The molecule has 0 unspecified atom stereocenters. The van der Waals surface area contributed by atoms with Crippen molar-refractivity contribution in [3.05, 3.63) is 24.1 Å². The third kappa shape index (κ3) is 2.94. The number of hydrogen-bond acceptors (Lipinski definition) is 9. The van der Waals surface area contributed by atoms with E-state index in [0.29, 0.717) is 17.1 Å². The van der Waals surface area contributed by atoms with E-state index in [-0.39, 0.29) is 11.7 Å².